The maximum absolute atomic E-state index is 12.5. The molecule has 0 bridgehead atoms. The van der Waals surface area contributed by atoms with Gasteiger partial charge >= 0.3 is 5.97 Å². The summed E-state index contributed by atoms with van der Waals surface area (Å²) >= 11 is 0. The SMILES string of the molecule is COC(=O)CCCN(C)C(=O)c1ccc(-c2nnc(-c3ccccc3C)o2)cc1. The number of rotatable bonds is 7. The van der Waals surface area contributed by atoms with Crippen molar-refractivity contribution in [2.24, 2.45) is 0 Å². The quantitative estimate of drug-likeness (QED) is 0.569. The first-order valence-electron chi connectivity index (χ1n) is 9.32. The van der Waals surface area contributed by atoms with E-state index >= 15 is 0 Å². The number of benzene rings is 2. The molecule has 3 aromatic rings. The van der Waals surface area contributed by atoms with Gasteiger partial charge in [0.05, 0.1) is 7.11 Å². The smallest absolute Gasteiger partial charge is 0.305 e. The van der Waals surface area contributed by atoms with E-state index in [0.717, 1.165) is 16.7 Å². The normalized spacial score (nSPS) is 10.6. The van der Waals surface area contributed by atoms with Crippen molar-refractivity contribution >= 4 is 11.9 Å². The summed E-state index contributed by atoms with van der Waals surface area (Å²) in [6, 6.07) is 14.8. The van der Waals surface area contributed by atoms with Crippen molar-refractivity contribution in [3.05, 3.63) is 59.7 Å². The highest BCUT2D eigenvalue weighted by atomic mass is 16.5. The number of hydrogen-bond donors (Lipinski definition) is 0. The van der Waals surface area contributed by atoms with Crippen molar-refractivity contribution in [1.82, 2.24) is 15.1 Å². The number of ether oxygens (including phenoxy) is 1. The van der Waals surface area contributed by atoms with Crippen LogP contribution in [0.1, 0.15) is 28.8 Å². The predicted octanol–water partition coefficient (Wildman–Crippen LogP) is 3.74. The summed E-state index contributed by atoms with van der Waals surface area (Å²) in [7, 11) is 3.06. The Bertz CT molecular complexity index is 995. The zero-order valence-electron chi connectivity index (χ0n) is 16.7. The summed E-state index contributed by atoms with van der Waals surface area (Å²) in [6.45, 7) is 2.46. The molecule has 0 unspecified atom stereocenters. The summed E-state index contributed by atoms with van der Waals surface area (Å²) in [5.41, 5.74) is 3.24. The lowest BCUT2D eigenvalue weighted by molar-refractivity contribution is -0.140. The molecule has 1 heterocycles. The third-order valence-electron chi connectivity index (χ3n) is 4.63. The van der Waals surface area contributed by atoms with Crippen molar-refractivity contribution in [2.45, 2.75) is 19.8 Å². The monoisotopic (exact) mass is 393 g/mol. The maximum atomic E-state index is 12.5. The van der Waals surface area contributed by atoms with Gasteiger partial charge in [0, 0.05) is 36.7 Å². The minimum absolute atomic E-state index is 0.118. The molecule has 1 aromatic heterocycles. The van der Waals surface area contributed by atoms with E-state index in [1.165, 1.54) is 7.11 Å². The van der Waals surface area contributed by atoms with Crippen LogP contribution in [0.3, 0.4) is 0 Å². The van der Waals surface area contributed by atoms with Crippen LogP contribution in [0.2, 0.25) is 0 Å². The van der Waals surface area contributed by atoms with Gasteiger partial charge < -0.3 is 14.1 Å². The van der Waals surface area contributed by atoms with Crippen LogP contribution in [-0.2, 0) is 9.53 Å². The molecule has 0 spiro atoms. The van der Waals surface area contributed by atoms with Crippen LogP contribution < -0.4 is 0 Å². The summed E-state index contributed by atoms with van der Waals surface area (Å²) in [5, 5.41) is 8.26. The van der Waals surface area contributed by atoms with Crippen molar-refractivity contribution in [3.63, 3.8) is 0 Å². The summed E-state index contributed by atoms with van der Waals surface area (Å²) in [5.74, 6) is 0.463. The second-order valence-corrected chi connectivity index (χ2v) is 6.71. The minimum atomic E-state index is -0.278. The molecule has 0 atom stereocenters. The van der Waals surface area contributed by atoms with E-state index < -0.39 is 0 Å². The summed E-state index contributed by atoms with van der Waals surface area (Å²) < 4.78 is 10.4. The number of carbonyl (C=O) groups excluding carboxylic acids is 2. The fourth-order valence-electron chi connectivity index (χ4n) is 2.90. The molecule has 1 amide bonds. The van der Waals surface area contributed by atoms with Crippen molar-refractivity contribution in [3.8, 4) is 22.9 Å². The first-order chi connectivity index (χ1) is 14.0. The Labute approximate surface area is 169 Å². The van der Waals surface area contributed by atoms with Crippen LogP contribution in [-0.4, -0.2) is 47.7 Å². The van der Waals surface area contributed by atoms with Gasteiger partial charge in [-0.2, -0.15) is 0 Å². The Hall–Kier alpha value is -3.48. The molecule has 150 valence electrons. The molecule has 0 N–H and O–H groups in total. The number of hydrogen-bond acceptors (Lipinski definition) is 6. The van der Waals surface area contributed by atoms with Crippen LogP contribution in [0.4, 0.5) is 0 Å². The van der Waals surface area contributed by atoms with E-state index in [4.69, 9.17) is 4.42 Å². The molecule has 0 aliphatic carbocycles. The highest BCUT2D eigenvalue weighted by molar-refractivity contribution is 5.94. The maximum Gasteiger partial charge on any atom is 0.305 e. The molecule has 0 radical (unpaired) electrons. The molecule has 0 aliphatic heterocycles. The lowest BCUT2D eigenvalue weighted by Gasteiger charge is -2.16. The van der Waals surface area contributed by atoms with E-state index in [1.54, 1.807) is 36.2 Å². The minimum Gasteiger partial charge on any atom is -0.469 e. The average Bonchev–Trinajstić information content (AvgIpc) is 3.23. The van der Waals surface area contributed by atoms with Crippen LogP contribution in [0.15, 0.2) is 52.9 Å². The number of aryl methyl sites for hydroxylation is 1. The second-order valence-electron chi connectivity index (χ2n) is 6.71. The van der Waals surface area contributed by atoms with Crippen molar-refractivity contribution in [1.29, 1.82) is 0 Å². The van der Waals surface area contributed by atoms with Gasteiger partial charge in [-0.3, -0.25) is 9.59 Å². The molecule has 2 aromatic carbocycles. The molecule has 0 aliphatic rings. The number of methoxy groups -OCH3 is 1. The molecular formula is C22H23N3O4. The Morgan fingerprint density at radius 3 is 2.41 bits per heavy atom. The first-order valence-corrected chi connectivity index (χ1v) is 9.32. The first kappa shape index (κ1) is 20.3. The van der Waals surface area contributed by atoms with Gasteiger partial charge in [0.15, 0.2) is 0 Å². The number of nitrogens with zero attached hydrogens (tertiary/aromatic N) is 3. The Morgan fingerprint density at radius 1 is 1.03 bits per heavy atom. The van der Waals surface area contributed by atoms with Crippen LogP contribution in [0.25, 0.3) is 22.9 Å². The number of carbonyl (C=O) groups is 2. The topological polar surface area (TPSA) is 85.5 Å². The molecule has 0 saturated heterocycles. The number of esters is 1. The zero-order chi connectivity index (χ0) is 20.8. The van der Waals surface area contributed by atoms with Gasteiger partial charge in [-0.1, -0.05) is 18.2 Å². The van der Waals surface area contributed by atoms with Crippen LogP contribution >= 0.6 is 0 Å². The average molecular weight is 393 g/mol. The van der Waals surface area contributed by atoms with Crippen molar-refractivity contribution in [2.75, 3.05) is 20.7 Å². The molecule has 0 fully saturated rings. The van der Waals surface area contributed by atoms with Gasteiger partial charge in [0.1, 0.15) is 0 Å². The van der Waals surface area contributed by atoms with E-state index in [1.807, 2.05) is 31.2 Å². The van der Waals surface area contributed by atoms with E-state index in [9.17, 15) is 9.59 Å². The van der Waals surface area contributed by atoms with Gasteiger partial charge in [-0.25, -0.2) is 0 Å². The van der Waals surface area contributed by atoms with E-state index in [2.05, 4.69) is 14.9 Å². The standard InChI is InChI=1S/C22H23N3O4/c1-15-7-4-5-8-18(15)21-24-23-20(29-21)16-10-12-17(13-11-16)22(27)25(2)14-6-9-19(26)28-3/h4-5,7-8,10-13H,6,9,14H2,1-3H3. The molecule has 0 saturated carbocycles. The Morgan fingerprint density at radius 2 is 1.72 bits per heavy atom. The third-order valence-corrected chi connectivity index (χ3v) is 4.63. The van der Waals surface area contributed by atoms with Gasteiger partial charge in [-0.05, 0) is 49.2 Å². The summed E-state index contributed by atoms with van der Waals surface area (Å²) in [6.07, 6.45) is 0.837. The Kier molecular flexibility index (Phi) is 6.39. The number of aromatic nitrogens is 2. The van der Waals surface area contributed by atoms with E-state index in [-0.39, 0.29) is 18.3 Å². The molecule has 3 rings (SSSR count). The molecule has 29 heavy (non-hydrogen) atoms. The number of amides is 1. The largest absolute Gasteiger partial charge is 0.469 e. The van der Waals surface area contributed by atoms with Gasteiger partial charge in [-0.15, -0.1) is 10.2 Å². The predicted molar refractivity (Wildman–Crippen MR) is 108 cm³/mol. The fourth-order valence-corrected chi connectivity index (χ4v) is 2.90. The zero-order valence-corrected chi connectivity index (χ0v) is 16.7. The second kappa shape index (κ2) is 9.14. The highest BCUT2D eigenvalue weighted by Gasteiger charge is 2.15. The lowest BCUT2D eigenvalue weighted by atomic mass is 10.1. The van der Waals surface area contributed by atoms with Crippen molar-refractivity contribution < 1.29 is 18.7 Å². The molecular weight excluding hydrogens is 370 g/mol. The lowest BCUT2D eigenvalue weighted by Crippen LogP contribution is -2.28. The molecule has 7 nitrogen and oxygen atoms in total. The van der Waals surface area contributed by atoms with Gasteiger partial charge in [0.2, 0.25) is 11.8 Å². The van der Waals surface area contributed by atoms with Gasteiger partial charge in [0.25, 0.3) is 5.91 Å². The Balaban J connectivity index is 1.67. The van der Waals surface area contributed by atoms with Crippen LogP contribution in [0.5, 0.6) is 0 Å². The fraction of sp³-hybridized carbons (Fsp3) is 0.273. The molecule has 7 heteroatoms. The highest BCUT2D eigenvalue weighted by Crippen LogP contribution is 2.26. The van der Waals surface area contributed by atoms with Crippen LogP contribution in [0, 0.1) is 6.92 Å². The van der Waals surface area contributed by atoms with E-state index in [0.29, 0.717) is 30.3 Å². The third kappa shape index (κ3) is 4.87. The summed E-state index contributed by atoms with van der Waals surface area (Å²) in [4.78, 5) is 25.3.